The number of rotatable bonds is 17. The second kappa shape index (κ2) is 15.7. The van der Waals surface area contributed by atoms with E-state index in [-0.39, 0.29) is 73.0 Å². The minimum absolute atomic E-state index is 0.00184. The van der Waals surface area contributed by atoms with Gasteiger partial charge in [0, 0.05) is 56.8 Å². The summed E-state index contributed by atoms with van der Waals surface area (Å²) in [5, 5.41) is 11.6. The van der Waals surface area contributed by atoms with Gasteiger partial charge in [0.1, 0.15) is 17.3 Å². The molecule has 0 aromatic heterocycles. The molecular weight excluding hydrogens is 388 g/mol. The fraction of sp³-hybridized carbons (Fsp3) is 0.762. The Morgan fingerprint density at radius 1 is 0.633 bits per heavy atom. The van der Waals surface area contributed by atoms with Crippen molar-refractivity contribution in [3.63, 3.8) is 0 Å². The van der Waals surface area contributed by atoms with E-state index >= 15 is 0 Å². The van der Waals surface area contributed by atoms with Crippen LogP contribution in [-0.2, 0) is 24.0 Å². The van der Waals surface area contributed by atoms with Crippen LogP contribution in [-0.4, -0.2) is 67.9 Å². The number of carbonyl (C=O) groups excluding carboxylic acids is 5. The number of nitrogens with one attached hydrogen (secondary N) is 4. The Labute approximate surface area is 179 Å². The Morgan fingerprint density at radius 3 is 1.50 bits per heavy atom. The summed E-state index contributed by atoms with van der Waals surface area (Å²) in [5.74, 6) is -0.370. The van der Waals surface area contributed by atoms with Gasteiger partial charge in [-0.15, -0.1) is 0 Å². The van der Waals surface area contributed by atoms with Gasteiger partial charge in [-0.25, -0.2) is 0 Å². The van der Waals surface area contributed by atoms with Crippen LogP contribution < -0.4 is 21.3 Å². The molecule has 9 heteroatoms. The summed E-state index contributed by atoms with van der Waals surface area (Å²) in [6.07, 6.45) is 2.30. The molecule has 0 spiro atoms. The Kier molecular flexibility index (Phi) is 14.6. The standard InChI is InChI=1S/C21H38N4O5/c1-14(26)9-17(25-21(30)13-19(23-5)11-16(3)28)7-6-8-24-20(29)12-18(22-4)10-15(2)27/h17-19,22-23H,6-13H2,1-5H3,(H,24,29)(H,25,30). The van der Waals surface area contributed by atoms with Gasteiger partial charge in [-0.2, -0.15) is 0 Å². The van der Waals surface area contributed by atoms with Crippen LogP contribution in [0.25, 0.3) is 0 Å². The second-order valence-corrected chi connectivity index (χ2v) is 7.85. The van der Waals surface area contributed by atoms with Crippen LogP contribution >= 0.6 is 0 Å². The lowest BCUT2D eigenvalue weighted by atomic mass is 10.0. The summed E-state index contributed by atoms with van der Waals surface area (Å²) < 4.78 is 0. The minimum Gasteiger partial charge on any atom is -0.356 e. The molecule has 4 N–H and O–H groups in total. The van der Waals surface area contributed by atoms with Gasteiger partial charge < -0.3 is 21.3 Å². The van der Waals surface area contributed by atoms with Crippen LogP contribution in [0.2, 0.25) is 0 Å². The quantitative estimate of drug-likeness (QED) is 0.245. The van der Waals surface area contributed by atoms with E-state index in [0.29, 0.717) is 25.8 Å². The highest BCUT2D eigenvalue weighted by Crippen LogP contribution is 2.06. The third-order valence-electron chi connectivity index (χ3n) is 4.70. The van der Waals surface area contributed by atoms with E-state index in [1.54, 1.807) is 14.1 Å². The van der Waals surface area contributed by atoms with E-state index in [4.69, 9.17) is 0 Å². The highest BCUT2D eigenvalue weighted by atomic mass is 16.2. The average Bonchev–Trinajstić information content (AvgIpc) is 2.62. The molecule has 3 unspecified atom stereocenters. The van der Waals surface area contributed by atoms with E-state index in [0.717, 1.165) is 0 Å². The van der Waals surface area contributed by atoms with Crippen molar-refractivity contribution in [2.24, 2.45) is 0 Å². The van der Waals surface area contributed by atoms with Gasteiger partial charge in [0.25, 0.3) is 0 Å². The van der Waals surface area contributed by atoms with Crippen molar-refractivity contribution in [3.8, 4) is 0 Å². The van der Waals surface area contributed by atoms with E-state index in [2.05, 4.69) is 21.3 Å². The van der Waals surface area contributed by atoms with Gasteiger partial charge in [0.15, 0.2) is 0 Å². The Morgan fingerprint density at radius 2 is 1.07 bits per heavy atom. The third kappa shape index (κ3) is 14.8. The number of carbonyl (C=O) groups is 5. The highest BCUT2D eigenvalue weighted by molar-refractivity contribution is 5.81. The maximum absolute atomic E-state index is 12.3. The zero-order chi connectivity index (χ0) is 23.1. The maximum atomic E-state index is 12.3. The number of amides is 2. The van der Waals surface area contributed by atoms with Crippen molar-refractivity contribution in [3.05, 3.63) is 0 Å². The first-order valence-corrected chi connectivity index (χ1v) is 10.5. The van der Waals surface area contributed by atoms with Crippen molar-refractivity contribution in [1.29, 1.82) is 0 Å². The van der Waals surface area contributed by atoms with E-state index in [9.17, 15) is 24.0 Å². The molecule has 2 amide bonds. The van der Waals surface area contributed by atoms with Gasteiger partial charge in [-0.05, 0) is 47.7 Å². The Hall–Kier alpha value is -2.13. The van der Waals surface area contributed by atoms with Gasteiger partial charge in [-0.3, -0.25) is 24.0 Å². The molecule has 0 aromatic carbocycles. The van der Waals surface area contributed by atoms with Crippen molar-refractivity contribution in [2.45, 2.75) is 83.8 Å². The number of hydrogen-bond donors (Lipinski definition) is 4. The molecule has 0 aromatic rings. The maximum Gasteiger partial charge on any atom is 0.221 e. The lowest BCUT2D eigenvalue weighted by Crippen LogP contribution is -2.41. The normalized spacial score (nSPS) is 13.8. The van der Waals surface area contributed by atoms with Crippen LogP contribution in [0.3, 0.4) is 0 Å². The molecule has 3 atom stereocenters. The topological polar surface area (TPSA) is 133 Å². The zero-order valence-corrected chi connectivity index (χ0v) is 18.9. The van der Waals surface area contributed by atoms with Crippen LogP contribution in [0, 0.1) is 0 Å². The van der Waals surface area contributed by atoms with Gasteiger partial charge >= 0.3 is 0 Å². The summed E-state index contributed by atoms with van der Waals surface area (Å²) in [4.78, 5) is 58.3. The minimum atomic E-state index is -0.315. The third-order valence-corrected chi connectivity index (χ3v) is 4.70. The number of ketones is 3. The molecule has 0 radical (unpaired) electrons. The van der Waals surface area contributed by atoms with Crippen molar-refractivity contribution in [1.82, 2.24) is 21.3 Å². The molecular formula is C21H38N4O5. The van der Waals surface area contributed by atoms with Crippen molar-refractivity contribution in [2.75, 3.05) is 20.6 Å². The molecule has 9 nitrogen and oxygen atoms in total. The monoisotopic (exact) mass is 426 g/mol. The molecule has 0 saturated heterocycles. The summed E-state index contributed by atoms with van der Waals surface area (Å²) in [6, 6.07) is -0.748. The zero-order valence-electron chi connectivity index (χ0n) is 18.9. The van der Waals surface area contributed by atoms with E-state index < -0.39 is 0 Å². The van der Waals surface area contributed by atoms with Crippen molar-refractivity contribution < 1.29 is 24.0 Å². The molecule has 0 aliphatic carbocycles. The van der Waals surface area contributed by atoms with Crippen LogP contribution in [0.4, 0.5) is 0 Å². The molecule has 0 aliphatic heterocycles. The largest absolute Gasteiger partial charge is 0.356 e. The molecule has 0 rings (SSSR count). The lowest BCUT2D eigenvalue weighted by molar-refractivity contribution is -0.124. The Balaban J connectivity index is 4.45. The molecule has 172 valence electrons. The van der Waals surface area contributed by atoms with Crippen molar-refractivity contribution >= 4 is 29.2 Å². The lowest BCUT2D eigenvalue weighted by Gasteiger charge is -2.20. The molecule has 0 aliphatic rings. The molecule has 0 heterocycles. The van der Waals surface area contributed by atoms with Crippen LogP contribution in [0.15, 0.2) is 0 Å². The van der Waals surface area contributed by atoms with Gasteiger partial charge in [-0.1, -0.05) is 0 Å². The molecule has 30 heavy (non-hydrogen) atoms. The first-order valence-electron chi connectivity index (χ1n) is 10.5. The molecule has 0 fully saturated rings. The highest BCUT2D eigenvalue weighted by Gasteiger charge is 2.19. The summed E-state index contributed by atoms with van der Waals surface area (Å²) in [5.41, 5.74) is 0. The predicted octanol–water partition coefficient (Wildman–Crippen LogP) is 0.261. The van der Waals surface area contributed by atoms with Gasteiger partial charge in [0.2, 0.25) is 11.8 Å². The fourth-order valence-corrected chi connectivity index (χ4v) is 3.20. The summed E-state index contributed by atoms with van der Waals surface area (Å²) in [7, 11) is 3.41. The Bertz CT molecular complexity index is 594. The SMILES string of the molecule is CNC(CC(C)=O)CC(=O)NCCCC(CC(C)=O)NC(=O)CC(CC(C)=O)NC. The smallest absolute Gasteiger partial charge is 0.221 e. The number of Topliss-reactive ketones (excluding diaryl/α,β-unsaturated/α-hetero) is 3. The summed E-state index contributed by atoms with van der Waals surface area (Å²) >= 11 is 0. The van der Waals surface area contributed by atoms with Gasteiger partial charge in [0.05, 0.1) is 0 Å². The van der Waals surface area contributed by atoms with E-state index in [1.165, 1.54) is 20.8 Å². The van der Waals surface area contributed by atoms with E-state index in [1.807, 2.05) is 0 Å². The second-order valence-electron chi connectivity index (χ2n) is 7.85. The summed E-state index contributed by atoms with van der Waals surface area (Å²) in [6.45, 7) is 4.86. The fourth-order valence-electron chi connectivity index (χ4n) is 3.20. The predicted molar refractivity (Wildman–Crippen MR) is 115 cm³/mol. The van der Waals surface area contributed by atoms with Crippen LogP contribution in [0.1, 0.15) is 65.7 Å². The molecule has 0 bridgehead atoms. The first-order chi connectivity index (χ1) is 14.1. The average molecular weight is 427 g/mol. The first kappa shape index (κ1) is 27.9. The number of hydrogen-bond acceptors (Lipinski definition) is 7. The van der Waals surface area contributed by atoms with Crippen LogP contribution in [0.5, 0.6) is 0 Å². The molecule has 0 saturated carbocycles.